The molecular formula is C17H19N3O2S2. The molecule has 0 spiro atoms. The molecule has 3 N–H and O–H groups in total. The Hall–Kier alpha value is -2.12. The maximum Gasteiger partial charge on any atom is 0.279 e. The normalized spacial score (nSPS) is 12.4. The quantitative estimate of drug-likeness (QED) is 0.577. The number of carbonyl (C=O) groups excluding carboxylic acids is 1. The fourth-order valence-corrected chi connectivity index (χ4v) is 3.86. The second-order valence-corrected chi connectivity index (χ2v) is 7.07. The molecule has 0 fully saturated rings. The number of aryl methyl sites for hydroxylation is 2. The van der Waals surface area contributed by atoms with Gasteiger partial charge >= 0.3 is 0 Å². The molecule has 0 unspecified atom stereocenters. The Bertz CT molecular complexity index is 719. The largest absolute Gasteiger partial charge is 0.497 e. The molecule has 1 heterocycles. The number of thiocarbonyl (C=S) groups is 1. The van der Waals surface area contributed by atoms with Gasteiger partial charge in [0.2, 0.25) is 0 Å². The Labute approximate surface area is 150 Å². The van der Waals surface area contributed by atoms with Crippen LogP contribution in [0, 0.1) is 0 Å². The van der Waals surface area contributed by atoms with E-state index in [-0.39, 0.29) is 5.91 Å². The molecule has 0 saturated heterocycles. The molecule has 0 bridgehead atoms. The van der Waals surface area contributed by atoms with Gasteiger partial charge in [0.1, 0.15) is 5.75 Å². The highest BCUT2D eigenvalue weighted by Crippen LogP contribution is 2.30. The second kappa shape index (κ2) is 7.63. The van der Waals surface area contributed by atoms with Crippen molar-refractivity contribution in [1.82, 2.24) is 16.2 Å². The van der Waals surface area contributed by atoms with Gasteiger partial charge in [0.05, 0.1) is 12.0 Å². The summed E-state index contributed by atoms with van der Waals surface area (Å²) in [6.07, 6.45) is 3.36. The maximum absolute atomic E-state index is 12.1. The third-order valence-corrected chi connectivity index (χ3v) is 5.35. The van der Waals surface area contributed by atoms with E-state index in [1.54, 1.807) is 18.4 Å². The minimum atomic E-state index is -0.150. The van der Waals surface area contributed by atoms with E-state index in [0.717, 1.165) is 29.0 Å². The van der Waals surface area contributed by atoms with E-state index >= 15 is 0 Å². The molecule has 126 valence electrons. The number of hydrazine groups is 1. The Morgan fingerprint density at radius 1 is 1.25 bits per heavy atom. The van der Waals surface area contributed by atoms with Gasteiger partial charge < -0.3 is 10.1 Å². The number of amides is 1. The zero-order chi connectivity index (χ0) is 16.9. The topological polar surface area (TPSA) is 62.4 Å². The van der Waals surface area contributed by atoms with Crippen LogP contribution in [0.25, 0.3) is 0 Å². The monoisotopic (exact) mass is 361 g/mol. The molecule has 24 heavy (non-hydrogen) atoms. The number of thiophene rings is 1. The van der Waals surface area contributed by atoms with Crippen molar-refractivity contribution in [2.24, 2.45) is 0 Å². The highest BCUT2D eigenvalue weighted by molar-refractivity contribution is 7.80. The van der Waals surface area contributed by atoms with Crippen LogP contribution < -0.4 is 20.9 Å². The molecule has 0 saturated carbocycles. The lowest BCUT2D eigenvalue weighted by atomic mass is 10.2. The molecule has 1 aromatic carbocycles. The van der Waals surface area contributed by atoms with Crippen LogP contribution in [-0.4, -0.2) is 18.1 Å². The molecule has 5 nitrogen and oxygen atoms in total. The predicted molar refractivity (Wildman–Crippen MR) is 99.4 cm³/mol. The van der Waals surface area contributed by atoms with Crippen molar-refractivity contribution >= 4 is 34.6 Å². The van der Waals surface area contributed by atoms with Gasteiger partial charge in [-0.05, 0) is 60.8 Å². The summed E-state index contributed by atoms with van der Waals surface area (Å²) in [5, 5.41) is 3.43. The van der Waals surface area contributed by atoms with Crippen molar-refractivity contribution in [1.29, 1.82) is 0 Å². The van der Waals surface area contributed by atoms with E-state index in [1.807, 2.05) is 30.3 Å². The molecular weight excluding hydrogens is 342 g/mol. The number of nitrogens with one attached hydrogen (secondary N) is 3. The summed E-state index contributed by atoms with van der Waals surface area (Å²) in [6, 6.07) is 9.69. The molecule has 0 radical (unpaired) electrons. The van der Waals surface area contributed by atoms with E-state index in [2.05, 4.69) is 16.2 Å². The van der Waals surface area contributed by atoms with Crippen LogP contribution in [0.2, 0.25) is 0 Å². The highest BCUT2D eigenvalue weighted by Gasteiger charge is 2.18. The summed E-state index contributed by atoms with van der Waals surface area (Å²) >= 11 is 6.74. The van der Waals surface area contributed by atoms with Gasteiger partial charge in [0.25, 0.3) is 5.91 Å². The van der Waals surface area contributed by atoms with Crippen molar-refractivity contribution in [2.75, 3.05) is 7.11 Å². The maximum atomic E-state index is 12.1. The number of ether oxygens (including phenoxy) is 1. The van der Waals surface area contributed by atoms with E-state index in [1.165, 1.54) is 16.9 Å². The van der Waals surface area contributed by atoms with E-state index in [9.17, 15) is 4.79 Å². The Morgan fingerprint density at radius 3 is 2.75 bits per heavy atom. The Kier molecular flexibility index (Phi) is 5.32. The van der Waals surface area contributed by atoms with Gasteiger partial charge in [-0.15, -0.1) is 11.3 Å². The summed E-state index contributed by atoms with van der Waals surface area (Å²) in [5.74, 6) is 0.664. The number of rotatable bonds is 4. The van der Waals surface area contributed by atoms with Crippen molar-refractivity contribution in [2.45, 2.75) is 25.8 Å². The lowest BCUT2D eigenvalue weighted by Crippen LogP contribution is -2.46. The number of benzene rings is 1. The summed E-state index contributed by atoms with van der Waals surface area (Å²) in [5.41, 5.74) is 7.76. The lowest BCUT2D eigenvalue weighted by molar-refractivity contribution is 0.0947. The van der Waals surface area contributed by atoms with Crippen LogP contribution in [-0.2, 0) is 19.4 Å². The van der Waals surface area contributed by atoms with E-state index < -0.39 is 0 Å². The van der Waals surface area contributed by atoms with E-state index in [0.29, 0.717) is 11.7 Å². The first-order valence-corrected chi connectivity index (χ1v) is 8.97. The zero-order valence-electron chi connectivity index (χ0n) is 13.3. The number of hydrogen-bond acceptors (Lipinski definition) is 4. The van der Waals surface area contributed by atoms with Crippen molar-refractivity contribution in [3.8, 4) is 5.75 Å². The average molecular weight is 361 g/mol. The molecule has 1 aliphatic carbocycles. The molecule has 7 heteroatoms. The fraction of sp³-hybridized carbons (Fsp3) is 0.294. The van der Waals surface area contributed by atoms with Crippen LogP contribution in [0.4, 0.5) is 0 Å². The summed E-state index contributed by atoms with van der Waals surface area (Å²) in [4.78, 5) is 14.2. The van der Waals surface area contributed by atoms with Crippen LogP contribution in [0.5, 0.6) is 5.75 Å². The molecule has 1 aliphatic rings. The van der Waals surface area contributed by atoms with Gasteiger partial charge in [-0.3, -0.25) is 15.6 Å². The van der Waals surface area contributed by atoms with Crippen molar-refractivity contribution in [3.05, 3.63) is 51.2 Å². The van der Waals surface area contributed by atoms with Gasteiger partial charge in [0, 0.05) is 11.4 Å². The third-order valence-electron chi connectivity index (χ3n) is 3.87. The fourth-order valence-electron chi connectivity index (χ4n) is 2.59. The van der Waals surface area contributed by atoms with Crippen molar-refractivity contribution in [3.63, 3.8) is 0 Å². The third kappa shape index (κ3) is 4.04. The molecule has 2 aromatic rings. The minimum absolute atomic E-state index is 0.150. The first kappa shape index (κ1) is 16.7. The lowest BCUT2D eigenvalue weighted by Gasteiger charge is -2.11. The summed E-state index contributed by atoms with van der Waals surface area (Å²) in [6.45, 7) is 0.568. The first-order chi connectivity index (χ1) is 11.7. The number of fused-ring (bicyclic) bond motifs is 1. The molecule has 1 aromatic heterocycles. The number of hydrogen-bond donors (Lipinski definition) is 3. The predicted octanol–water partition coefficient (Wildman–Crippen LogP) is 2.55. The standard InChI is InChI=1S/C17H19N3O2S2/c1-22-13-7-5-11(6-8-13)10-18-17(23)20-19-16(21)15-9-12-3-2-4-14(12)24-15/h5-9H,2-4,10H2,1H3,(H,19,21)(H2,18,20,23). The molecule has 3 rings (SSSR count). The SMILES string of the molecule is COc1ccc(CNC(=S)NNC(=O)c2cc3c(s2)CCC3)cc1. The van der Waals surface area contributed by atoms with E-state index in [4.69, 9.17) is 17.0 Å². The first-order valence-electron chi connectivity index (χ1n) is 7.74. The van der Waals surface area contributed by atoms with Gasteiger partial charge in [-0.25, -0.2) is 0 Å². The smallest absolute Gasteiger partial charge is 0.279 e. The van der Waals surface area contributed by atoms with Crippen LogP contribution in [0.15, 0.2) is 30.3 Å². The average Bonchev–Trinajstić information content (AvgIpc) is 3.20. The van der Waals surface area contributed by atoms with Crippen LogP contribution >= 0.6 is 23.6 Å². The van der Waals surface area contributed by atoms with Crippen molar-refractivity contribution < 1.29 is 9.53 Å². The van der Waals surface area contributed by atoms with Crippen LogP contribution in [0.3, 0.4) is 0 Å². The van der Waals surface area contributed by atoms with Crippen LogP contribution in [0.1, 0.15) is 32.1 Å². The Morgan fingerprint density at radius 2 is 2.04 bits per heavy atom. The zero-order valence-corrected chi connectivity index (χ0v) is 15.0. The number of carbonyl (C=O) groups is 1. The summed E-state index contributed by atoms with van der Waals surface area (Å²) in [7, 11) is 1.64. The molecule has 0 atom stereocenters. The number of methoxy groups -OCH3 is 1. The highest BCUT2D eigenvalue weighted by atomic mass is 32.1. The van der Waals surface area contributed by atoms with Gasteiger partial charge in [-0.2, -0.15) is 0 Å². The second-order valence-electron chi connectivity index (χ2n) is 5.52. The Balaban J connectivity index is 1.43. The van der Waals surface area contributed by atoms with Gasteiger partial charge in [0.15, 0.2) is 5.11 Å². The molecule has 0 aliphatic heterocycles. The molecule has 1 amide bonds. The summed E-state index contributed by atoms with van der Waals surface area (Å²) < 4.78 is 5.12. The van der Waals surface area contributed by atoms with Gasteiger partial charge in [-0.1, -0.05) is 12.1 Å². The minimum Gasteiger partial charge on any atom is -0.497 e.